The SMILES string of the molecule is CNC1CCCCCCCCCCC1N(C)CCC(C)C. The van der Waals surface area contributed by atoms with E-state index in [1.807, 2.05) is 0 Å². The Morgan fingerprint density at radius 2 is 1.43 bits per heavy atom. The summed E-state index contributed by atoms with van der Waals surface area (Å²) < 4.78 is 0. The van der Waals surface area contributed by atoms with Crippen molar-refractivity contribution >= 4 is 0 Å². The summed E-state index contributed by atoms with van der Waals surface area (Å²) in [7, 11) is 4.52. The lowest BCUT2D eigenvalue weighted by Crippen LogP contribution is -2.48. The zero-order valence-electron chi connectivity index (χ0n) is 15.2. The molecule has 21 heavy (non-hydrogen) atoms. The van der Waals surface area contributed by atoms with Crippen molar-refractivity contribution < 1.29 is 0 Å². The Morgan fingerprint density at radius 3 is 1.95 bits per heavy atom. The maximum atomic E-state index is 3.63. The number of rotatable bonds is 5. The Balaban J connectivity index is 2.56. The van der Waals surface area contributed by atoms with E-state index in [2.05, 4.69) is 38.2 Å². The van der Waals surface area contributed by atoms with Crippen molar-refractivity contribution in [1.82, 2.24) is 10.2 Å². The highest BCUT2D eigenvalue weighted by atomic mass is 15.2. The second-order valence-corrected chi connectivity index (χ2v) is 7.53. The molecule has 0 heterocycles. The van der Waals surface area contributed by atoms with Crippen LogP contribution < -0.4 is 5.32 Å². The Bertz CT molecular complexity index is 240. The predicted molar refractivity (Wildman–Crippen MR) is 94.9 cm³/mol. The molecule has 0 bridgehead atoms. The Labute approximate surface area is 134 Å². The molecular weight excluding hydrogens is 256 g/mol. The highest BCUT2D eigenvalue weighted by molar-refractivity contribution is 4.83. The summed E-state index contributed by atoms with van der Waals surface area (Å²) in [6.45, 7) is 5.93. The summed E-state index contributed by atoms with van der Waals surface area (Å²) in [5.41, 5.74) is 0. The summed E-state index contributed by atoms with van der Waals surface area (Å²) in [5, 5.41) is 3.63. The zero-order chi connectivity index (χ0) is 15.5. The van der Waals surface area contributed by atoms with Crippen LogP contribution in [-0.2, 0) is 0 Å². The molecule has 0 spiro atoms. The van der Waals surface area contributed by atoms with Crippen LogP contribution in [0.1, 0.15) is 84.5 Å². The summed E-state index contributed by atoms with van der Waals surface area (Å²) in [5.74, 6) is 0.812. The molecule has 0 aromatic rings. The van der Waals surface area contributed by atoms with Gasteiger partial charge in [0.1, 0.15) is 0 Å². The predicted octanol–water partition coefficient (Wildman–Crippen LogP) is 4.84. The van der Waals surface area contributed by atoms with Crippen molar-refractivity contribution in [2.24, 2.45) is 5.92 Å². The molecule has 1 saturated carbocycles. The molecule has 2 atom stereocenters. The minimum absolute atomic E-state index is 0.682. The first-order chi connectivity index (χ1) is 10.1. The molecule has 1 N–H and O–H groups in total. The molecule has 0 radical (unpaired) electrons. The normalized spacial score (nSPS) is 26.6. The van der Waals surface area contributed by atoms with Crippen LogP contribution in [0.15, 0.2) is 0 Å². The fraction of sp³-hybridized carbons (Fsp3) is 1.00. The van der Waals surface area contributed by atoms with Gasteiger partial charge in [-0.3, -0.25) is 0 Å². The van der Waals surface area contributed by atoms with E-state index in [1.165, 1.54) is 77.2 Å². The van der Waals surface area contributed by atoms with Gasteiger partial charge in [-0.15, -0.1) is 0 Å². The molecule has 2 heteroatoms. The molecule has 0 amide bonds. The molecule has 0 aromatic carbocycles. The van der Waals surface area contributed by atoms with Crippen molar-refractivity contribution in [3.63, 3.8) is 0 Å². The van der Waals surface area contributed by atoms with Gasteiger partial charge in [0, 0.05) is 12.1 Å². The quantitative estimate of drug-likeness (QED) is 0.781. The first-order valence-corrected chi connectivity index (χ1v) is 9.52. The molecule has 1 fully saturated rings. The van der Waals surface area contributed by atoms with E-state index < -0.39 is 0 Å². The van der Waals surface area contributed by atoms with E-state index in [0.717, 1.165) is 12.0 Å². The highest BCUT2D eigenvalue weighted by Crippen LogP contribution is 2.21. The maximum absolute atomic E-state index is 3.63. The average Bonchev–Trinajstić information content (AvgIpc) is 2.45. The van der Waals surface area contributed by atoms with Crippen LogP contribution in [0.2, 0.25) is 0 Å². The third-order valence-corrected chi connectivity index (χ3v) is 5.23. The van der Waals surface area contributed by atoms with Crippen LogP contribution >= 0.6 is 0 Å². The molecule has 0 aromatic heterocycles. The topological polar surface area (TPSA) is 15.3 Å². The van der Waals surface area contributed by atoms with Crippen LogP contribution in [0.5, 0.6) is 0 Å². The molecular formula is C19H40N2. The summed E-state index contributed by atoms with van der Waals surface area (Å²) in [6, 6.07) is 1.41. The molecule has 1 aliphatic rings. The van der Waals surface area contributed by atoms with Gasteiger partial charge >= 0.3 is 0 Å². The molecule has 126 valence electrons. The van der Waals surface area contributed by atoms with Gasteiger partial charge in [-0.05, 0) is 45.8 Å². The molecule has 0 aliphatic heterocycles. The Morgan fingerprint density at radius 1 is 0.905 bits per heavy atom. The largest absolute Gasteiger partial charge is 0.315 e. The standard InChI is InChI=1S/C19H40N2/c1-17(2)15-16-21(4)19-14-12-10-8-6-5-7-9-11-13-18(19)20-3/h17-20H,5-16H2,1-4H3. The van der Waals surface area contributed by atoms with Crippen molar-refractivity contribution in [3.8, 4) is 0 Å². The minimum Gasteiger partial charge on any atom is -0.315 e. The van der Waals surface area contributed by atoms with Crippen LogP contribution in [0.4, 0.5) is 0 Å². The van der Waals surface area contributed by atoms with E-state index in [0.29, 0.717) is 6.04 Å². The smallest absolute Gasteiger partial charge is 0.0246 e. The van der Waals surface area contributed by atoms with Crippen molar-refractivity contribution in [2.75, 3.05) is 20.6 Å². The lowest BCUT2D eigenvalue weighted by molar-refractivity contribution is 0.166. The minimum atomic E-state index is 0.682. The summed E-state index contributed by atoms with van der Waals surface area (Å²) in [4.78, 5) is 2.65. The highest BCUT2D eigenvalue weighted by Gasteiger charge is 2.23. The molecule has 2 unspecified atom stereocenters. The van der Waals surface area contributed by atoms with Crippen molar-refractivity contribution in [1.29, 1.82) is 0 Å². The first-order valence-electron chi connectivity index (χ1n) is 9.52. The van der Waals surface area contributed by atoms with Gasteiger partial charge in [0.15, 0.2) is 0 Å². The van der Waals surface area contributed by atoms with Crippen LogP contribution in [-0.4, -0.2) is 37.6 Å². The summed E-state index contributed by atoms with van der Waals surface area (Å²) >= 11 is 0. The average molecular weight is 297 g/mol. The van der Waals surface area contributed by atoms with E-state index in [4.69, 9.17) is 0 Å². The number of hydrogen-bond acceptors (Lipinski definition) is 2. The molecule has 0 saturated heterocycles. The van der Waals surface area contributed by atoms with E-state index in [9.17, 15) is 0 Å². The van der Waals surface area contributed by atoms with Crippen LogP contribution in [0.3, 0.4) is 0 Å². The van der Waals surface area contributed by atoms with Crippen molar-refractivity contribution in [3.05, 3.63) is 0 Å². The second kappa shape index (κ2) is 11.5. The zero-order valence-corrected chi connectivity index (χ0v) is 15.2. The third kappa shape index (κ3) is 8.21. The number of nitrogens with one attached hydrogen (secondary N) is 1. The molecule has 1 rings (SSSR count). The number of hydrogen-bond donors (Lipinski definition) is 1. The van der Waals surface area contributed by atoms with Gasteiger partial charge in [-0.1, -0.05) is 65.2 Å². The number of likely N-dealkylation sites (N-methyl/N-ethyl adjacent to an activating group) is 2. The van der Waals surface area contributed by atoms with Gasteiger partial charge in [0.2, 0.25) is 0 Å². The van der Waals surface area contributed by atoms with Gasteiger partial charge in [-0.25, -0.2) is 0 Å². The number of nitrogens with zero attached hydrogens (tertiary/aromatic N) is 1. The lowest BCUT2D eigenvalue weighted by Gasteiger charge is -2.35. The fourth-order valence-electron chi connectivity index (χ4n) is 3.66. The van der Waals surface area contributed by atoms with Gasteiger partial charge in [-0.2, -0.15) is 0 Å². The van der Waals surface area contributed by atoms with Crippen LogP contribution in [0.25, 0.3) is 0 Å². The Hall–Kier alpha value is -0.0800. The molecule has 1 aliphatic carbocycles. The Kier molecular flexibility index (Phi) is 10.4. The van der Waals surface area contributed by atoms with Gasteiger partial charge in [0.05, 0.1) is 0 Å². The lowest BCUT2D eigenvalue weighted by atomic mass is 9.93. The van der Waals surface area contributed by atoms with E-state index >= 15 is 0 Å². The first kappa shape index (κ1) is 19.0. The van der Waals surface area contributed by atoms with E-state index in [-0.39, 0.29) is 0 Å². The molecule has 2 nitrogen and oxygen atoms in total. The van der Waals surface area contributed by atoms with Crippen molar-refractivity contribution in [2.45, 2.75) is 96.6 Å². The van der Waals surface area contributed by atoms with Gasteiger partial charge in [0.25, 0.3) is 0 Å². The van der Waals surface area contributed by atoms with Crippen LogP contribution in [0, 0.1) is 5.92 Å². The second-order valence-electron chi connectivity index (χ2n) is 7.53. The fourth-order valence-corrected chi connectivity index (χ4v) is 3.66. The van der Waals surface area contributed by atoms with E-state index in [1.54, 1.807) is 0 Å². The maximum Gasteiger partial charge on any atom is 0.0246 e. The third-order valence-electron chi connectivity index (χ3n) is 5.23. The van der Waals surface area contributed by atoms with Gasteiger partial charge < -0.3 is 10.2 Å². The monoisotopic (exact) mass is 296 g/mol. The summed E-state index contributed by atoms with van der Waals surface area (Å²) in [6.07, 6.45) is 15.6.